The molecule has 0 bridgehead atoms. The minimum atomic E-state index is -4.36. The van der Waals surface area contributed by atoms with Gasteiger partial charge in [0.2, 0.25) is 0 Å². The van der Waals surface area contributed by atoms with Crippen molar-refractivity contribution in [3.63, 3.8) is 0 Å². The molecule has 100 valence electrons. The van der Waals surface area contributed by atoms with Gasteiger partial charge in [0.1, 0.15) is 0 Å². The fourth-order valence-electron chi connectivity index (χ4n) is 1.72. The summed E-state index contributed by atoms with van der Waals surface area (Å²) in [6.45, 7) is 0. The predicted molar refractivity (Wildman–Crippen MR) is 81.3 cm³/mol. The lowest BCUT2D eigenvalue weighted by Crippen LogP contribution is -2.16. The number of hydrogen-bond acceptors (Lipinski definition) is 0. The number of halogens is 5. The fourth-order valence-corrected chi connectivity index (χ4v) is 4.14. The standard InChI is InChI=1S/C13H8Br2F3P/c14-19(15)12-7-6-10(8-11(12)13(16,17)18)9-4-2-1-3-5-9/h1-8H. The summed E-state index contributed by atoms with van der Waals surface area (Å²) in [4.78, 5) is 0. The van der Waals surface area contributed by atoms with Crippen LogP contribution in [0, 0.1) is 0 Å². The van der Waals surface area contributed by atoms with E-state index in [0.717, 1.165) is 5.56 Å². The van der Waals surface area contributed by atoms with Gasteiger partial charge in [-0.05, 0) is 48.2 Å². The van der Waals surface area contributed by atoms with Crippen LogP contribution in [0.1, 0.15) is 5.56 Å². The van der Waals surface area contributed by atoms with Crippen molar-refractivity contribution in [3.05, 3.63) is 54.1 Å². The van der Waals surface area contributed by atoms with Crippen molar-refractivity contribution in [1.82, 2.24) is 0 Å². The third kappa shape index (κ3) is 3.59. The Morgan fingerprint density at radius 3 is 2.00 bits per heavy atom. The van der Waals surface area contributed by atoms with Gasteiger partial charge in [-0.15, -0.1) is 0 Å². The van der Waals surface area contributed by atoms with Gasteiger partial charge in [0.05, 0.1) is 10.9 Å². The van der Waals surface area contributed by atoms with Gasteiger partial charge in [-0.3, -0.25) is 0 Å². The van der Waals surface area contributed by atoms with E-state index < -0.39 is 17.1 Å². The zero-order chi connectivity index (χ0) is 14.0. The highest BCUT2D eigenvalue weighted by atomic mass is 79.9. The second kappa shape index (κ2) is 5.94. The summed E-state index contributed by atoms with van der Waals surface area (Å²) >= 11 is 6.38. The SMILES string of the molecule is FC(F)(F)c1cc(-c2ccccc2)ccc1P(Br)Br. The van der Waals surface area contributed by atoms with Crippen LogP contribution in [0.25, 0.3) is 11.1 Å². The third-order valence-corrected chi connectivity index (χ3v) is 5.64. The summed E-state index contributed by atoms with van der Waals surface area (Å²) in [6.07, 6.45) is -4.36. The third-order valence-electron chi connectivity index (χ3n) is 2.59. The average Bonchev–Trinajstić information content (AvgIpc) is 2.38. The lowest BCUT2D eigenvalue weighted by Gasteiger charge is -2.15. The number of hydrogen-bond donors (Lipinski definition) is 0. The van der Waals surface area contributed by atoms with E-state index in [9.17, 15) is 13.2 Å². The minimum Gasteiger partial charge on any atom is -0.166 e. The first kappa shape index (κ1) is 15.0. The van der Waals surface area contributed by atoms with Crippen LogP contribution in [0.2, 0.25) is 0 Å². The Labute approximate surface area is 126 Å². The summed E-state index contributed by atoms with van der Waals surface area (Å²) in [5.74, 6) is 0. The summed E-state index contributed by atoms with van der Waals surface area (Å²) in [7, 11) is 0. The van der Waals surface area contributed by atoms with E-state index in [1.54, 1.807) is 30.3 Å². The Hall–Kier alpha value is -0.380. The molecule has 0 nitrogen and oxygen atoms in total. The quantitative estimate of drug-likeness (QED) is 0.524. The van der Waals surface area contributed by atoms with Gasteiger partial charge >= 0.3 is 6.18 Å². The first-order valence-electron chi connectivity index (χ1n) is 5.28. The number of rotatable bonds is 2. The van der Waals surface area contributed by atoms with Gasteiger partial charge in [-0.1, -0.05) is 42.5 Å². The molecule has 6 heteroatoms. The Balaban J connectivity index is 2.57. The van der Waals surface area contributed by atoms with E-state index in [4.69, 9.17) is 0 Å². The maximum atomic E-state index is 13.1. The second-order valence-electron chi connectivity index (χ2n) is 3.83. The summed E-state index contributed by atoms with van der Waals surface area (Å²) in [5.41, 5.74) is 0.732. The second-order valence-corrected chi connectivity index (χ2v) is 11.9. The van der Waals surface area contributed by atoms with Crippen LogP contribution in [0.15, 0.2) is 48.5 Å². The smallest absolute Gasteiger partial charge is 0.166 e. The maximum absolute atomic E-state index is 13.1. The Bertz CT molecular complexity index is 568. The van der Waals surface area contributed by atoms with Crippen LogP contribution in [-0.4, -0.2) is 0 Å². The fraction of sp³-hybridized carbons (Fsp3) is 0.0769. The molecule has 0 aliphatic carbocycles. The van der Waals surface area contributed by atoms with E-state index in [-0.39, 0.29) is 5.30 Å². The van der Waals surface area contributed by atoms with E-state index in [2.05, 4.69) is 31.0 Å². The van der Waals surface area contributed by atoms with Gasteiger partial charge in [-0.25, -0.2) is 0 Å². The topological polar surface area (TPSA) is 0 Å². The van der Waals surface area contributed by atoms with E-state index in [0.29, 0.717) is 5.56 Å². The van der Waals surface area contributed by atoms with Gasteiger partial charge < -0.3 is 0 Å². The predicted octanol–water partition coefficient (Wildman–Crippen LogP) is 6.10. The van der Waals surface area contributed by atoms with Crippen LogP contribution in [0.5, 0.6) is 0 Å². The minimum absolute atomic E-state index is 0.238. The lowest BCUT2D eigenvalue weighted by atomic mass is 10.0. The molecule has 0 radical (unpaired) electrons. The van der Waals surface area contributed by atoms with Crippen LogP contribution in [0.4, 0.5) is 13.2 Å². The molecule has 0 N–H and O–H groups in total. The summed E-state index contributed by atoms with van der Waals surface area (Å²) < 4.78 is 39.2. The van der Waals surface area contributed by atoms with Crippen molar-refractivity contribution in [1.29, 1.82) is 0 Å². The van der Waals surface area contributed by atoms with E-state index in [1.165, 1.54) is 12.1 Å². The molecule has 0 aromatic heterocycles. The largest absolute Gasteiger partial charge is 0.417 e. The van der Waals surface area contributed by atoms with Crippen LogP contribution in [-0.2, 0) is 6.18 Å². The highest BCUT2D eigenvalue weighted by Crippen LogP contribution is 2.53. The Morgan fingerprint density at radius 2 is 1.47 bits per heavy atom. The molecule has 0 aliphatic heterocycles. The van der Waals surface area contributed by atoms with E-state index in [1.807, 2.05) is 6.07 Å². The highest BCUT2D eigenvalue weighted by molar-refractivity contribution is 9.70. The molecule has 0 unspecified atom stereocenters. The summed E-state index contributed by atoms with van der Waals surface area (Å²) in [6, 6.07) is 13.4. The van der Waals surface area contributed by atoms with Crippen molar-refractivity contribution >= 4 is 41.6 Å². The molecule has 0 aliphatic rings. The Kier molecular flexibility index (Phi) is 4.70. The van der Waals surface area contributed by atoms with Crippen molar-refractivity contribution in [2.24, 2.45) is 0 Å². The summed E-state index contributed by atoms with van der Waals surface area (Å²) in [5, 5.41) is -0.919. The average molecular weight is 412 g/mol. The van der Waals surface area contributed by atoms with Gasteiger partial charge in [0.25, 0.3) is 0 Å². The molecule has 0 heterocycles. The number of benzene rings is 2. The molecule has 0 atom stereocenters. The number of alkyl halides is 3. The zero-order valence-electron chi connectivity index (χ0n) is 9.46. The molecule has 0 saturated heterocycles. The Morgan fingerprint density at radius 1 is 0.842 bits per heavy atom. The molecule has 19 heavy (non-hydrogen) atoms. The van der Waals surface area contributed by atoms with Crippen LogP contribution >= 0.6 is 36.3 Å². The van der Waals surface area contributed by atoms with Crippen LogP contribution < -0.4 is 5.30 Å². The van der Waals surface area contributed by atoms with Crippen molar-refractivity contribution < 1.29 is 13.2 Å². The van der Waals surface area contributed by atoms with Crippen molar-refractivity contribution in [3.8, 4) is 11.1 Å². The monoisotopic (exact) mass is 410 g/mol. The molecule has 2 rings (SSSR count). The molecule has 2 aromatic carbocycles. The van der Waals surface area contributed by atoms with Gasteiger partial charge in [-0.2, -0.15) is 13.2 Å². The highest BCUT2D eigenvalue weighted by Gasteiger charge is 2.35. The van der Waals surface area contributed by atoms with Crippen molar-refractivity contribution in [2.45, 2.75) is 6.18 Å². The molecule has 0 amide bonds. The first-order valence-corrected chi connectivity index (χ1v) is 10.7. The molecular weight excluding hydrogens is 404 g/mol. The maximum Gasteiger partial charge on any atom is 0.417 e. The molecule has 0 saturated carbocycles. The van der Waals surface area contributed by atoms with Crippen molar-refractivity contribution in [2.75, 3.05) is 0 Å². The lowest BCUT2D eigenvalue weighted by molar-refractivity contribution is -0.136. The normalized spacial score (nSPS) is 11.9. The molecule has 0 spiro atoms. The van der Waals surface area contributed by atoms with Crippen LogP contribution in [0.3, 0.4) is 0 Å². The molecule has 2 aromatic rings. The zero-order valence-corrected chi connectivity index (χ0v) is 13.5. The van der Waals surface area contributed by atoms with Gasteiger partial charge in [0, 0.05) is 5.30 Å². The molecular formula is C13H8Br2F3P. The van der Waals surface area contributed by atoms with Gasteiger partial charge in [0.15, 0.2) is 0 Å². The van der Waals surface area contributed by atoms with E-state index >= 15 is 0 Å². The molecule has 0 fully saturated rings. The first-order chi connectivity index (χ1) is 8.89.